The number of hydrogen-bond acceptors (Lipinski definition) is 4. The second-order valence-electron chi connectivity index (χ2n) is 3.20. The molecule has 16 heavy (non-hydrogen) atoms. The number of esters is 2. The van der Waals surface area contributed by atoms with E-state index in [1.165, 1.54) is 0 Å². The van der Waals surface area contributed by atoms with Crippen LogP contribution < -0.4 is 0 Å². The van der Waals surface area contributed by atoms with Gasteiger partial charge in [0.25, 0.3) is 0 Å². The van der Waals surface area contributed by atoms with Gasteiger partial charge in [0, 0.05) is 0 Å². The summed E-state index contributed by atoms with van der Waals surface area (Å²) in [6, 6.07) is 7.04. The first kappa shape index (κ1) is 12.2. The molecule has 1 aromatic carbocycles. The van der Waals surface area contributed by atoms with Crippen LogP contribution in [0.3, 0.4) is 0 Å². The van der Waals surface area contributed by atoms with E-state index in [9.17, 15) is 9.59 Å². The Bertz CT molecular complexity index is 384. The van der Waals surface area contributed by atoms with Crippen LogP contribution in [0.4, 0.5) is 0 Å². The zero-order chi connectivity index (χ0) is 12.0. The van der Waals surface area contributed by atoms with E-state index in [-0.39, 0.29) is 13.2 Å². The quantitative estimate of drug-likeness (QED) is 0.728. The molecular formula is C12H14O4. The third kappa shape index (κ3) is 3.38. The van der Waals surface area contributed by atoms with Gasteiger partial charge in [-0.15, -0.1) is 0 Å². The van der Waals surface area contributed by atoms with Crippen LogP contribution in [0.2, 0.25) is 0 Å². The molecule has 0 aliphatic heterocycles. The number of rotatable bonds is 4. The molecule has 0 aromatic heterocycles. The lowest BCUT2D eigenvalue weighted by Gasteiger charge is -2.06. The Kier molecular flexibility index (Phi) is 4.51. The molecule has 0 radical (unpaired) electrons. The van der Waals surface area contributed by atoms with Gasteiger partial charge < -0.3 is 9.47 Å². The van der Waals surface area contributed by atoms with Gasteiger partial charge >= 0.3 is 11.9 Å². The predicted molar refractivity (Wildman–Crippen MR) is 58.1 cm³/mol. The number of hydrogen-bond donors (Lipinski definition) is 0. The van der Waals surface area contributed by atoms with Crippen LogP contribution in [0.15, 0.2) is 24.3 Å². The predicted octanol–water partition coefficient (Wildman–Crippen LogP) is 1.71. The fraction of sp³-hybridized carbons (Fsp3) is 0.333. The molecule has 0 saturated heterocycles. The standard InChI is InChI=1S/C12H14O4/c1-3-15-11(13)8-16-12(14)10-7-5-4-6-9(10)2/h4-7H,3,8H2,1-2H3. The third-order valence-corrected chi connectivity index (χ3v) is 1.99. The summed E-state index contributed by atoms with van der Waals surface area (Å²) in [7, 11) is 0. The summed E-state index contributed by atoms with van der Waals surface area (Å²) in [5, 5.41) is 0. The normalized spacial score (nSPS) is 9.62. The maximum Gasteiger partial charge on any atom is 0.344 e. The number of benzene rings is 1. The molecule has 0 amide bonds. The van der Waals surface area contributed by atoms with Crippen LogP contribution >= 0.6 is 0 Å². The van der Waals surface area contributed by atoms with E-state index < -0.39 is 11.9 Å². The Labute approximate surface area is 94.2 Å². The van der Waals surface area contributed by atoms with Crippen molar-refractivity contribution < 1.29 is 19.1 Å². The first-order chi connectivity index (χ1) is 7.65. The molecule has 0 bridgehead atoms. The molecule has 0 saturated carbocycles. The van der Waals surface area contributed by atoms with Crippen LogP contribution in [0.25, 0.3) is 0 Å². The summed E-state index contributed by atoms with van der Waals surface area (Å²) in [4.78, 5) is 22.5. The zero-order valence-corrected chi connectivity index (χ0v) is 9.36. The second-order valence-corrected chi connectivity index (χ2v) is 3.20. The Morgan fingerprint density at radius 3 is 2.50 bits per heavy atom. The van der Waals surface area contributed by atoms with Gasteiger partial charge in [0.05, 0.1) is 12.2 Å². The summed E-state index contributed by atoms with van der Waals surface area (Å²) in [6.07, 6.45) is 0. The van der Waals surface area contributed by atoms with E-state index in [1.807, 2.05) is 6.07 Å². The Morgan fingerprint density at radius 2 is 1.88 bits per heavy atom. The highest BCUT2D eigenvalue weighted by Gasteiger charge is 2.12. The van der Waals surface area contributed by atoms with Crippen molar-refractivity contribution in [3.63, 3.8) is 0 Å². The van der Waals surface area contributed by atoms with Crippen LogP contribution in [0.5, 0.6) is 0 Å². The number of aryl methyl sites for hydroxylation is 1. The van der Waals surface area contributed by atoms with Gasteiger partial charge in [-0.2, -0.15) is 0 Å². The largest absolute Gasteiger partial charge is 0.463 e. The summed E-state index contributed by atoms with van der Waals surface area (Å²) >= 11 is 0. The van der Waals surface area contributed by atoms with E-state index in [2.05, 4.69) is 4.74 Å². The minimum atomic E-state index is -0.538. The van der Waals surface area contributed by atoms with Crippen LogP contribution in [-0.4, -0.2) is 25.2 Å². The molecule has 0 unspecified atom stereocenters. The van der Waals surface area contributed by atoms with Gasteiger partial charge in [0.1, 0.15) is 0 Å². The molecule has 4 heteroatoms. The molecule has 1 rings (SSSR count). The molecule has 0 aliphatic rings. The highest BCUT2D eigenvalue weighted by Crippen LogP contribution is 2.08. The average molecular weight is 222 g/mol. The van der Waals surface area contributed by atoms with Crippen LogP contribution in [0, 0.1) is 6.92 Å². The first-order valence-electron chi connectivity index (χ1n) is 5.03. The molecule has 0 aliphatic carbocycles. The van der Waals surface area contributed by atoms with Gasteiger partial charge in [0.2, 0.25) is 0 Å². The summed E-state index contributed by atoms with van der Waals surface area (Å²) in [5.74, 6) is -1.05. The Morgan fingerprint density at radius 1 is 1.19 bits per heavy atom. The van der Waals surface area contributed by atoms with Gasteiger partial charge in [-0.05, 0) is 25.5 Å². The molecule has 86 valence electrons. The van der Waals surface area contributed by atoms with E-state index in [1.54, 1.807) is 32.0 Å². The summed E-state index contributed by atoms with van der Waals surface area (Å²) in [5.41, 5.74) is 1.28. The van der Waals surface area contributed by atoms with Crippen molar-refractivity contribution in [3.8, 4) is 0 Å². The Balaban J connectivity index is 2.54. The van der Waals surface area contributed by atoms with Crippen LogP contribution in [-0.2, 0) is 14.3 Å². The van der Waals surface area contributed by atoms with Crippen molar-refractivity contribution in [1.82, 2.24) is 0 Å². The Hall–Kier alpha value is -1.84. The maximum atomic E-state index is 11.5. The first-order valence-corrected chi connectivity index (χ1v) is 5.03. The number of carbonyl (C=O) groups excluding carboxylic acids is 2. The lowest BCUT2D eigenvalue weighted by Crippen LogP contribution is -2.16. The van der Waals surface area contributed by atoms with E-state index in [0.717, 1.165) is 5.56 Å². The lowest BCUT2D eigenvalue weighted by atomic mass is 10.1. The highest BCUT2D eigenvalue weighted by atomic mass is 16.6. The maximum absolute atomic E-state index is 11.5. The second kappa shape index (κ2) is 5.90. The zero-order valence-electron chi connectivity index (χ0n) is 9.36. The van der Waals surface area contributed by atoms with Crippen molar-refractivity contribution in [1.29, 1.82) is 0 Å². The van der Waals surface area contributed by atoms with E-state index in [0.29, 0.717) is 5.56 Å². The van der Waals surface area contributed by atoms with E-state index in [4.69, 9.17) is 4.74 Å². The molecule has 0 N–H and O–H groups in total. The molecular weight excluding hydrogens is 208 g/mol. The molecule has 1 aromatic rings. The summed E-state index contributed by atoms with van der Waals surface area (Å²) < 4.78 is 9.45. The van der Waals surface area contributed by atoms with Crippen molar-refractivity contribution in [2.24, 2.45) is 0 Å². The minimum Gasteiger partial charge on any atom is -0.463 e. The minimum absolute atomic E-state index is 0.279. The number of ether oxygens (including phenoxy) is 2. The summed E-state index contributed by atoms with van der Waals surface area (Å²) in [6.45, 7) is 3.43. The molecule has 0 spiro atoms. The fourth-order valence-electron chi connectivity index (χ4n) is 1.21. The topological polar surface area (TPSA) is 52.6 Å². The van der Waals surface area contributed by atoms with Gasteiger partial charge in [-0.25, -0.2) is 9.59 Å². The number of carbonyl (C=O) groups is 2. The van der Waals surface area contributed by atoms with Gasteiger partial charge in [0.15, 0.2) is 6.61 Å². The monoisotopic (exact) mass is 222 g/mol. The van der Waals surface area contributed by atoms with Gasteiger partial charge in [-0.3, -0.25) is 0 Å². The van der Waals surface area contributed by atoms with Gasteiger partial charge in [-0.1, -0.05) is 18.2 Å². The fourth-order valence-corrected chi connectivity index (χ4v) is 1.21. The molecule has 0 fully saturated rings. The lowest BCUT2D eigenvalue weighted by molar-refractivity contribution is -0.146. The molecule has 0 heterocycles. The van der Waals surface area contributed by atoms with Crippen molar-refractivity contribution in [2.45, 2.75) is 13.8 Å². The van der Waals surface area contributed by atoms with Crippen LogP contribution in [0.1, 0.15) is 22.8 Å². The molecule has 4 nitrogen and oxygen atoms in total. The molecule has 0 atom stereocenters. The van der Waals surface area contributed by atoms with Crippen molar-refractivity contribution in [2.75, 3.05) is 13.2 Å². The van der Waals surface area contributed by atoms with Crippen molar-refractivity contribution >= 4 is 11.9 Å². The van der Waals surface area contributed by atoms with E-state index >= 15 is 0 Å². The highest BCUT2D eigenvalue weighted by molar-refractivity contribution is 5.92. The SMILES string of the molecule is CCOC(=O)COC(=O)c1ccccc1C. The smallest absolute Gasteiger partial charge is 0.344 e. The third-order valence-electron chi connectivity index (χ3n) is 1.99. The average Bonchev–Trinajstić information content (AvgIpc) is 2.27. The van der Waals surface area contributed by atoms with Crippen molar-refractivity contribution in [3.05, 3.63) is 35.4 Å².